The minimum atomic E-state index is -2.19. The van der Waals surface area contributed by atoms with Gasteiger partial charge in [-0.3, -0.25) is 0 Å². The molecule has 0 aromatic heterocycles. The van der Waals surface area contributed by atoms with Crippen LogP contribution in [0.4, 0.5) is 0 Å². The van der Waals surface area contributed by atoms with E-state index in [1.807, 2.05) is 38.0 Å². The fraction of sp³-hybridized carbons (Fsp3) is 0.130. The maximum Gasteiger partial charge on any atom is 0.137 e. The first-order valence-corrected chi connectivity index (χ1v) is 10.7. The van der Waals surface area contributed by atoms with Gasteiger partial charge in [-0.1, -0.05) is 54.6 Å². The highest BCUT2D eigenvalue weighted by atomic mass is 31.2. The predicted octanol–water partition coefficient (Wildman–Crippen LogP) is 3.09. The molecular formula is C23H24NOP. The first-order chi connectivity index (χ1) is 12.7. The summed E-state index contributed by atoms with van der Waals surface area (Å²) in [5.74, 6) is 2.04. The van der Waals surface area contributed by atoms with Crippen LogP contribution in [-0.4, -0.2) is 18.5 Å². The molecule has 0 bridgehead atoms. The minimum Gasteiger partial charge on any atom is -0.858 e. The van der Waals surface area contributed by atoms with E-state index in [9.17, 15) is 5.11 Å². The molecular weight excluding hydrogens is 337 g/mol. The number of hydrogen-bond donors (Lipinski definition) is 0. The van der Waals surface area contributed by atoms with Gasteiger partial charge >= 0.3 is 0 Å². The van der Waals surface area contributed by atoms with Gasteiger partial charge in [0.15, 0.2) is 0 Å². The Morgan fingerprint density at radius 2 is 1.12 bits per heavy atom. The topological polar surface area (TPSA) is 26.3 Å². The SMILES string of the molecule is CCN(C)/C([O-])=C/[P+](c1ccccc1)(c1ccccc1)c1ccccc1. The Labute approximate surface area is 156 Å². The molecule has 3 rings (SSSR count). The first kappa shape index (κ1) is 18.2. The lowest BCUT2D eigenvalue weighted by molar-refractivity contribution is -0.330. The van der Waals surface area contributed by atoms with E-state index in [-0.39, 0.29) is 5.88 Å². The van der Waals surface area contributed by atoms with Crippen molar-refractivity contribution in [1.82, 2.24) is 4.90 Å². The second kappa shape index (κ2) is 8.21. The molecule has 0 saturated carbocycles. The lowest BCUT2D eigenvalue weighted by Gasteiger charge is -2.30. The van der Waals surface area contributed by atoms with E-state index in [1.54, 1.807) is 4.90 Å². The van der Waals surface area contributed by atoms with Gasteiger partial charge in [0.2, 0.25) is 0 Å². The molecule has 3 aromatic rings. The summed E-state index contributed by atoms with van der Waals surface area (Å²) in [4.78, 5) is 1.77. The predicted molar refractivity (Wildman–Crippen MR) is 112 cm³/mol. The molecule has 3 aromatic carbocycles. The Bertz CT molecular complexity index is 750. The molecule has 0 aliphatic carbocycles. The first-order valence-electron chi connectivity index (χ1n) is 8.85. The third-order valence-corrected chi connectivity index (χ3v) is 8.59. The smallest absolute Gasteiger partial charge is 0.137 e. The van der Waals surface area contributed by atoms with Crippen LogP contribution < -0.4 is 21.0 Å². The van der Waals surface area contributed by atoms with E-state index in [4.69, 9.17) is 0 Å². The fourth-order valence-electron chi connectivity index (χ4n) is 3.08. The van der Waals surface area contributed by atoms with Gasteiger partial charge in [0.05, 0.1) is 5.82 Å². The Morgan fingerprint density at radius 1 is 0.769 bits per heavy atom. The largest absolute Gasteiger partial charge is 0.858 e. The molecule has 0 aliphatic rings. The van der Waals surface area contributed by atoms with Crippen LogP contribution >= 0.6 is 7.26 Å². The molecule has 0 unspecified atom stereocenters. The van der Waals surface area contributed by atoms with E-state index in [0.717, 1.165) is 0 Å². The van der Waals surface area contributed by atoms with Crippen molar-refractivity contribution in [2.45, 2.75) is 6.92 Å². The quantitative estimate of drug-likeness (QED) is 0.498. The second-order valence-electron chi connectivity index (χ2n) is 6.21. The van der Waals surface area contributed by atoms with Crippen molar-refractivity contribution in [2.75, 3.05) is 13.6 Å². The summed E-state index contributed by atoms with van der Waals surface area (Å²) >= 11 is 0. The molecule has 132 valence electrons. The van der Waals surface area contributed by atoms with E-state index in [0.29, 0.717) is 6.54 Å². The van der Waals surface area contributed by atoms with Gasteiger partial charge in [-0.15, -0.1) is 0 Å². The normalized spacial score (nSPS) is 12.0. The van der Waals surface area contributed by atoms with Crippen LogP contribution in [0.5, 0.6) is 0 Å². The number of hydrogen-bond acceptors (Lipinski definition) is 2. The van der Waals surface area contributed by atoms with Crippen molar-refractivity contribution in [1.29, 1.82) is 0 Å². The lowest BCUT2D eigenvalue weighted by Crippen LogP contribution is -2.33. The summed E-state index contributed by atoms with van der Waals surface area (Å²) in [5.41, 5.74) is 0. The zero-order valence-electron chi connectivity index (χ0n) is 15.2. The number of benzene rings is 3. The van der Waals surface area contributed by atoms with Gasteiger partial charge in [-0.25, -0.2) is 0 Å². The molecule has 0 radical (unpaired) electrons. The van der Waals surface area contributed by atoms with Crippen LogP contribution in [0.15, 0.2) is 103 Å². The molecule has 26 heavy (non-hydrogen) atoms. The molecule has 0 fully saturated rings. The monoisotopic (exact) mass is 361 g/mol. The molecule has 0 N–H and O–H groups in total. The van der Waals surface area contributed by atoms with Gasteiger partial charge in [-0.05, 0) is 49.2 Å². The highest BCUT2D eigenvalue weighted by Gasteiger charge is 2.43. The summed E-state index contributed by atoms with van der Waals surface area (Å²) in [6.07, 6.45) is 0. The minimum absolute atomic E-state index is 0.0670. The average Bonchev–Trinajstić information content (AvgIpc) is 2.73. The van der Waals surface area contributed by atoms with Crippen molar-refractivity contribution in [3.8, 4) is 0 Å². The summed E-state index contributed by atoms with van der Waals surface area (Å²) in [7, 11) is -0.337. The van der Waals surface area contributed by atoms with Crippen molar-refractivity contribution in [2.24, 2.45) is 0 Å². The Hall–Kier alpha value is -2.57. The molecule has 0 amide bonds. The van der Waals surface area contributed by atoms with Gasteiger partial charge in [0.1, 0.15) is 23.2 Å². The highest BCUT2D eigenvalue weighted by molar-refractivity contribution is 7.98. The fourth-order valence-corrected chi connectivity index (χ4v) is 6.88. The molecule has 0 atom stereocenters. The van der Waals surface area contributed by atoms with Crippen molar-refractivity contribution in [3.05, 3.63) is 103 Å². The van der Waals surface area contributed by atoms with Gasteiger partial charge in [-0.2, -0.15) is 0 Å². The van der Waals surface area contributed by atoms with Crippen LogP contribution in [0.1, 0.15) is 6.92 Å². The average molecular weight is 361 g/mol. The Balaban J connectivity index is 2.36. The van der Waals surface area contributed by atoms with Crippen molar-refractivity contribution >= 4 is 23.2 Å². The highest BCUT2D eigenvalue weighted by Crippen LogP contribution is 2.57. The summed E-state index contributed by atoms with van der Waals surface area (Å²) in [5, 5.41) is 16.6. The maximum atomic E-state index is 13.0. The van der Waals surface area contributed by atoms with E-state index >= 15 is 0 Å². The number of rotatable bonds is 6. The molecule has 3 heteroatoms. The van der Waals surface area contributed by atoms with Gasteiger partial charge in [0.25, 0.3) is 0 Å². The van der Waals surface area contributed by atoms with Gasteiger partial charge in [0, 0.05) is 13.6 Å². The maximum absolute atomic E-state index is 13.0. The molecule has 0 heterocycles. The second-order valence-corrected chi connectivity index (χ2v) is 9.46. The molecule has 0 aliphatic heterocycles. The zero-order chi connectivity index (χ0) is 18.4. The Morgan fingerprint density at radius 3 is 1.42 bits per heavy atom. The molecule has 0 spiro atoms. The molecule has 2 nitrogen and oxygen atoms in total. The van der Waals surface area contributed by atoms with Crippen LogP contribution in [0.25, 0.3) is 0 Å². The summed E-state index contributed by atoms with van der Waals surface area (Å²) < 4.78 is 0. The van der Waals surface area contributed by atoms with Gasteiger partial charge < -0.3 is 10.0 Å². The summed E-state index contributed by atoms with van der Waals surface area (Å²) in [6.45, 7) is 2.69. The molecule has 0 saturated heterocycles. The van der Waals surface area contributed by atoms with Crippen LogP contribution in [0.3, 0.4) is 0 Å². The Kier molecular flexibility index (Phi) is 5.75. The van der Waals surface area contributed by atoms with Crippen LogP contribution in [-0.2, 0) is 0 Å². The zero-order valence-corrected chi connectivity index (χ0v) is 16.1. The van der Waals surface area contributed by atoms with Crippen LogP contribution in [0, 0.1) is 0 Å². The van der Waals surface area contributed by atoms with E-state index < -0.39 is 7.26 Å². The standard InChI is InChI=1S/C23H24NOP/c1-3-24(2)23(25)19-26(20-13-7-4-8-14-20,21-15-9-5-10-16-21)22-17-11-6-12-18-22/h4-19H,3H2,1-2H3/b23-19-. The van der Waals surface area contributed by atoms with E-state index in [2.05, 4.69) is 72.8 Å². The third-order valence-electron chi connectivity index (χ3n) is 4.65. The number of nitrogens with zero attached hydrogens (tertiary/aromatic N) is 1. The summed E-state index contributed by atoms with van der Waals surface area (Å²) in [6, 6.07) is 31.2. The third kappa shape index (κ3) is 3.52. The van der Waals surface area contributed by atoms with E-state index in [1.165, 1.54) is 15.9 Å². The lowest BCUT2D eigenvalue weighted by atomic mass is 10.4. The van der Waals surface area contributed by atoms with Crippen LogP contribution in [0.2, 0.25) is 0 Å². The van der Waals surface area contributed by atoms with Crippen molar-refractivity contribution < 1.29 is 5.11 Å². The van der Waals surface area contributed by atoms with Crippen molar-refractivity contribution in [3.63, 3.8) is 0 Å².